The van der Waals surface area contributed by atoms with Gasteiger partial charge in [-0.3, -0.25) is 11.3 Å². The summed E-state index contributed by atoms with van der Waals surface area (Å²) in [6, 6.07) is 6.50. The van der Waals surface area contributed by atoms with Crippen LogP contribution in [0.2, 0.25) is 0 Å². The molecule has 3 nitrogen and oxygen atoms in total. The molecule has 0 radical (unpaired) electrons. The van der Waals surface area contributed by atoms with Gasteiger partial charge in [-0.1, -0.05) is 30.5 Å². The molecule has 1 fully saturated rings. The highest BCUT2D eigenvalue weighted by molar-refractivity contribution is 5.39. The summed E-state index contributed by atoms with van der Waals surface area (Å²) in [5.41, 5.74) is 5.43. The predicted octanol–water partition coefficient (Wildman–Crippen LogP) is 2.70. The van der Waals surface area contributed by atoms with E-state index in [9.17, 15) is 0 Å². The van der Waals surface area contributed by atoms with Crippen LogP contribution >= 0.6 is 0 Å². The Kier molecular flexibility index (Phi) is 4.02. The van der Waals surface area contributed by atoms with E-state index >= 15 is 0 Å². The molecule has 1 saturated carbocycles. The van der Waals surface area contributed by atoms with Gasteiger partial charge in [-0.15, -0.1) is 0 Å². The fourth-order valence-electron chi connectivity index (χ4n) is 2.87. The Hall–Kier alpha value is -1.06. The summed E-state index contributed by atoms with van der Waals surface area (Å²) in [6.07, 6.45) is 5.14. The van der Waals surface area contributed by atoms with Crippen molar-refractivity contribution in [1.82, 2.24) is 5.43 Å². The molecule has 17 heavy (non-hydrogen) atoms. The molecule has 0 bridgehead atoms. The maximum atomic E-state index is 5.75. The molecule has 94 valence electrons. The minimum Gasteiger partial charge on any atom is -0.496 e. The van der Waals surface area contributed by atoms with Gasteiger partial charge in [0.1, 0.15) is 5.75 Å². The van der Waals surface area contributed by atoms with Gasteiger partial charge in [0.2, 0.25) is 0 Å². The van der Waals surface area contributed by atoms with Gasteiger partial charge in [0, 0.05) is 5.56 Å². The van der Waals surface area contributed by atoms with E-state index in [1.807, 2.05) is 6.07 Å². The second kappa shape index (κ2) is 5.52. The summed E-state index contributed by atoms with van der Waals surface area (Å²) in [6.45, 7) is 2.10. The van der Waals surface area contributed by atoms with Gasteiger partial charge in [0.05, 0.1) is 13.2 Å². The predicted molar refractivity (Wildman–Crippen MR) is 69.8 cm³/mol. The maximum Gasteiger partial charge on any atom is 0.123 e. The van der Waals surface area contributed by atoms with Crippen LogP contribution in [0.1, 0.15) is 42.9 Å². The molecule has 0 spiro atoms. The lowest BCUT2D eigenvalue weighted by atomic mass is 9.91. The summed E-state index contributed by atoms with van der Waals surface area (Å²) in [5.74, 6) is 7.32. The second-order valence-corrected chi connectivity index (χ2v) is 4.93. The van der Waals surface area contributed by atoms with Crippen molar-refractivity contribution in [1.29, 1.82) is 0 Å². The van der Waals surface area contributed by atoms with Crippen LogP contribution in [0.15, 0.2) is 18.2 Å². The van der Waals surface area contributed by atoms with Crippen molar-refractivity contribution in [2.24, 2.45) is 11.8 Å². The number of hydrazine groups is 1. The zero-order valence-electron chi connectivity index (χ0n) is 10.7. The zero-order valence-corrected chi connectivity index (χ0v) is 10.7. The number of nitrogens with two attached hydrogens (primary N) is 1. The monoisotopic (exact) mass is 234 g/mol. The van der Waals surface area contributed by atoms with Gasteiger partial charge in [0.25, 0.3) is 0 Å². The molecule has 0 aliphatic heterocycles. The van der Waals surface area contributed by atoms with Crippen LogP contribution in [-0.4, -0.2) is 7.11 Å². The second-order valence-electron chi connectivity index (χ2n) is 4.93. The smallest absolute Gasteiger partial charge is 0.123 e. The largest absolute Gasteiger partial charge is 0.496 e. The summed E-state index contributed by atoms with van der Waals surface area (Å²) in [7, 11) is 1.72. The number of hydrogen-bond donors (Lipinski definition) is 2. The van der Waals surface area contributed by atoms with E-state index in [-0.39, 0.29) is 6.04 Å². The number of rotatable bonds is 4. The Morgan fingerprint density at radius 1 is 1.35 bits per heavy atom. The number of benzene rings is 1. The first-order chi connectivity index (χ1) is 8.26. The molecule has 1 aliphatic carbocycles. The van der Waals surface area contributed by atoms with Crippen molar-refractivity contribution in [2.75, 3.05) is 7.11 Å². The summed E-state index contributed by atoms with van der Waals surface area (Å²) in [5, 5.41) is 0. The third kappa shape index (κ3) is 2.61. The van der Waals surface area contributed by atoms with Gasteiger partial charge in [-0.2, -0.15) is 0 Å². The number of methoxy groups -OCH3 is 1. The van der Waals surface area contributed by atoms with Crippen LogP contribution in [0.4, 0.5) is 0 Å². The number of hydrogen-bond acceptors (Lipinski definition) is 3. The van der Waals surface area contributed by atoms with Gasteiger partial charge in [0.15, 0.2) is 0 Å². The molecular weight excluding hydrogens is 212 g/mol. The molecule has 3 heteroatoms. The number of nitrogens with one attached hydrogen (secondary N) is 1. The highest BCUT2D eigenvalue weighted by Crippen LogP contribution is 2.38. The molecule has 0 aromatic heterocycles. The van der Waals surface area contributed by atoms with Crippen LogP contribution in [0, 0.1) is 12.8 Å². The third-order valence-corrected chi connectivity index (χ3v) is 3.77. The quantitative estimate of drug-likeness (QED) is 0.622. The van der Waals surface area contributed by atoms with Crippen LogP contribution in [0.3, 0.4) is 0 Å². The van der Waals surface area contributed by atoms with Gasteiger partial charge < -0.3 is 4.74 Å². The maximum absolute atomic E-state index is 5.75. The molecule has 0 amide bonds. The summed E-state index contributed by atoms with van der Waals surface area (Å²) < 4.78 is 5.45. The van der Waals surface area contributed by atoms with Crippen LogP contribution in [0.25, 0.3) is 0 Å². The lowest BCUT2D eigenvalue weighted by molar-refractivity contribution is 0.348. The molecule has 2 rings (SSSR count). The number of aryl methyl sites for hydroxylation is 1. The van der Waals surface area contributed by atoms with Crippen molar-refractivity contribution < 1.29 is 4.74 Å². The van der Waals surface area contributed by atoms with Gasteiger partial charge >= 0.3 is 0 Å². The summed E-state index contributed by atoms with van der Waals surface area (Å²) in [4.78, 5) is 0. The van der Waals surface area contributed by atoms with Crippen LogP contribution in [0.5, 0.6) is 5.75 Å². The normalized spacial score (nSPS) is 18.3. The molecular formula is C14H22N2O. The first kappa shape index (κ1) is 12.4. The van der Waals surface area contributed by atoms with Crippen molar-refractivity contribution in [2.45, 2.75) is 38.6 Å². The van der Waals surface area contributed by atoms with E-state index in [2.05, 4.69) is 24.5 Å². The van der Waals surface area contributed by atoms with E-state index in [4.69, 9.17) is 10.6 Å². The average molecular weight is 234 g/mol. The first-order valence-corrected chi connectivity index (χ1v) is 6.37. The molecule has 0 heterocycles. The lowest BCUT2D eigenvalue weighted by Gasteiger charge is -2.25. The van der Waals surface area contributed by atoms with Crippen molar-refractivity contribution in [3.63, 3.8) is 0 Å². The Morgan fingerprint density at radius 3 is 2.65 bits per heavy atom. The van der Waals surface area contributed by atoms with Crippen molar-refractivity contribution >= 4 is 0 Å². The Labute approximate surface area is 103 Å². The van der Waals surface area contributed by atoms with E-state index in [0.29, 0.717) is 5.92 Å². The SMILES string of the molecule is COc1ccc(C)cc1C(NN)C1CCCC1. The summed E-state index contributed by atoms with van der Waals surface area (Å²) >= 11 is 0. The lowest BCUT2D eigenvalue weighted by Crippen LogP contribution is -2.33. The highest BCUT2D eigenvalue weighted by Gasteiger charge is 2.27. The van der Waals surface area contributed by atoms with E-state index < -0.39 is 0 Å². The highest BCUT2D eigenvalue weighted by atomic mass is 16.5. The molecule has 1 aromatic carbocycles. The van der Waals surface area contributed by atoms with Crippen LogP contribution in [-0.2, 0) is 0 Å². The average Bonchev–Trinajstić information content (AvgIpc) is 2.84. The Balaban J connectivity index is 2.31. The number of ether oxygens (including phenoxy) is 1. The van der Waals surface area contributed by atoms with Gasteiger partial charge in [-0.25, -0.2) is 0 Å². The fourth-order valence-corrected chi connectivity index (χ4v) is 2.87. The Morgan fingerprint density at radius 2 is 2.06 bits per heavy atom. The molecule has 3 N–H and O–H groups in total. The third-order valence-electron chi connectivity index (χ3n) is 3.77. The van der Waals surface area contributed by atoms with Crippen molar-refractivity contribution in [3.05, 3.63) is 29.3 Å². The first-order valence-electron chi connectivity index (χ1n) is 6.37. The van der Waals surface area contributed by atoms with Gasteiger partial charge in [-0.05, 0) is 31.7 Å². The Bertz CT molecular complexity index is 372. The topological polar surface area (TPSA) is 47.3 Å². The fraction of sp³-hybridized carbons (Fsp3) is 0.571. The minimum atomic E-state index is 0.215. The van der Waals surface area contributed by atoms with E-state index in [1.165, 1.54) is 36.8 Å². The zero-order chi connectivity index (χ0) is 12.3. The molecule has 1 unspecified atom stereocenters. The van der Waals surface area contributed by atoms with Crippen molar-refractivity contribution in [3.8, 4) is 5.75 Å². The van der Waals surface area contributed by atoms with Crippen LogP contribution < -0.4 is 16.0 Å². The molecule has 1 aromatic rings. The van der Waals surface area contributed by atoms with E-state index in [1.54, 1.807) is 7.11 Å². The molecule has 1 atom stereocenters. The van der Waals surface area contributed by atoms with E-state index in [0.717, 1.165) is 5.75 Å². The molecule has 1 aliphatic rings. The minimum absolute atomic E-state index is 0.215. The standard InChI is InChI=1S/C14H22N2O/c1-10-7-8-13(17-2)12(9-10)14(16-15)11-5-3-4-6-11/h7-9,11,14,16H,3-6,15H2,1-2H3. The molecule has 0 saturated heterocycles.